The first-order chi connectivity index (χ1) is 11.8. The van der Waals surface area contributed by atoms with Gasteiger partial charge in [0.25, 0.3) is 0 Å². The van der Waals surface area contributed by atoms with Crippen molar-refractivity contribution in [2.75, 3.05) is 23.7 Å². The van der Waals surface area contributed by atoms with E-state index >= 15 is 0 Å². The summed E-state index contributed by atoms with van der Waals surface area (Å²) < 4.78 is 5.63. The average Bonchev–Trinajstić information content (AvgIpc) is 3.31. The Labute approximate surface area is 150 Å². The summed E-state index contributed by atoms with van der Waals surface area (Å²) in [6.07, 6.45) is 4.47. The van der Waals surface area contributed by atoms with Crippen LogP contribution in [0.2, 0.25) is 0 Å². The highest BCUT2D eigenvalue weighted by Crippen LogP contribution is 2.44. The molecule has 1 aliphatic carbocycles. The number of benzene rings is 1. The summed E-state index contributed by atoms with van der Waals surface area (Å²) in [5.74, 6) is 0.653. The molecular weight excluding hydrogens is 314 g/mol. The summed E-state index contributed by atoms with van der Waals surface area (Å²) in [7, 11) is 0. The van der Waals surface area contributed by atoms with Crippen molar-refractivity contribution in [1.29, 1.82) is 0 Å². The third-order valence-electron chi connectivity index (χ3n) is 5.54. The van der Waals surface area contributed by atoms with Crippen molar-refractivity contribution in [1.82, 2.24) is 4.90 Å². The number of nitrogens with two attached hydrogens (primary N) is 1. The number of piperazine rings is 1. The van der Waals surface area contributed by atoms with Crippen molar-refractivity contribution in [3.63, 3.8) is 0 Å². The van der Waals surface area contributed by atoms with E-state index in [0.29, 0.717) is 5.92 Å². The summed E-state index contributed by atoms with van der Waals surface area (Å²) >= 11 is 0. The number of ether oxygens (including phenoxy) is 1. The Morgan fingerprint density at radius 1 is 1.12 bits per heavy atom. The lowest BCUT2D eigenvalue weighted by Gasteiger charge is -2.42. The van der Waals surface area contributed by atoms with E-state index in [2.05, 4.69) is 17.0 Å². The number of anilines is 2. The number of carbonyl (C=O) groups is 1. The highest BCUT2D eigenvalue weighted by Gasteiger charge is 2.44. The summed E-state index contributed by atoms with van der Waals surface area (Å²) in [6.45, 7) is 7.54. The maximum Gasteiger partial charge on any atom is 0.410 e. The van der Waals surface area contributed by atoms with Gasteiger partial charge in [-0.05, 0) is 76.1 Å². The molecule has 4 rings (SSSR count). The number of nitrogens with zero attached hydrogens (tertiary/aromatic N) is 2. The first kappa shape index (κ1) is 16.6. The van der Waals surface area contributed by atoms with Crippen LogP contribution in [0.15, 0.2) is 18.2 Å². The molecular formula is C20H29N3O2. The molecule has 1 aromatic carbocycles. The molecule has 2 bridgehead atoms. The van der Waals surface area contributed by atoms with Gasteiger partial charge in [-0.3, -0.25) is 4.90 Å². The number of fused-ring (bicyclic) bond motifs is 2. The largest absolute Gasteiger partial charge is 0.444 e. The smallest absolute Gasteiger partial charge is 0.410 e. The Bertz CT molecular complexity index is 664. The number of nitrogen functional groups attached to an aromatic ring is 1. The van der Waals surface area contributed by atoms with Crippen LogP contribution >= 0.6 is 0 Å². The molecule has 2 saturated heterocycles. The molecule has 2 heterocycles. The maximum atomic E-state index is 12.6. The van der Waals surface area contributed by atoms with Crippen molar-refractivity contribution in [2.24, 2.45) is 0 Å². The third kappa shape index (κ3) is 3.29. The van der Waals surface area contributed by atoms with Crippen molar-refractivity contribution >= 4 is 17.5 Å². The lowest BCUT2D eigenvalue weighted by molar-refractivity contribution is 0.0123. The fourth-order valence-corrected chi connectivity index (χ4v) is 4.23. The fraction of sp³-hybridized carbons (Fsp3) is 0.650. The molecule has 2 atom stereocenters. The van der Waals surface area contributed by atoms with Gasteiger partial charge in [-0.15, -0.1) is 0 Å². The second-order valence-electron chi connectivity index (χ2n) is 8.77. The van der Waals surface area contributed by atoms with Crippen LogP contribution in [0.4, 0.5) is 16.2 Å². The summed E-state index contributed by atoms with van der Waals surface area (Å²) in [5.41, 5.74) is 9.19. The molecule has 0 radical (unpaired) electrons. The summed E-state index contributed by atoms with van der Waals surface area (Å²) in [5, 5.41) is 0. The molecule has 136 valence electrons. The zero-order valence-corrected chi connectivity index (χ0v) is 15.5. The molecule has 1 aromatic rings. The Kier molecular flexibility index (Phi) is 3.85. The Hall–Kier alpha value is -1.91. The molecule has 1 saturated carbocycles. The summed E-state index contributed by atoms with van der Waals surface area (Å²) in [6, 6.07) is 6.94. The molecule has 0 aromatic heterocycles. The number of amides is 1. The van der Waals surface area contributed by atoms with Crippen LogP contribution in [0.1, 0.15) is 57.9 Å². The van der Waals surface area contributed by atoms with Gasteiger partial charge in [-0.25, -0.2) is 4.79 Å². The quantitative estimate of drug-likeness (QED) is 0.831. The third-order valence-corrected chi connectivity index (χ3v) is 5.54. The molecule has 5 nitrogen and oxygen atoms in total. The van der Waals surface area contributed by atoms with Gasteiger partial charge in [0.05, 0.1) is 12.1 Å². The van der Waals surface area contributed by atoms with E-state index < -0.39 is 5.60 Å². The molecule has 5 heteroatoms. The van der Waals surface area contributed by atoms with Crippen LogP contribution < -0.4 is 10.6 Å². The Morgan fingerprint density at radius 3 is 2.32 bits per heavy atom. The van der Waals surface area contributed by atoms with Crippen molar-refractivity contribution in [3.05, 3.63) is 23.8 Å². The number of hydrogen-bond acceptors (Lipinski definition) is 4. The minimum absolute atomic E-state index is 0.157. The first-order valence-corrected chi connectivity index (χ1v) is 9.47. The highest BCUT2D eigenvalue weighted by molar-refractivity contribution is 5.70. The first-order valence-electron chi connectivity index (χ1n) is 9.47. The molecule has 0 spiro atoms. The fourth-order valence-electron chi connectivity index (χ4n) is 4.23. The van der Waals surface area contributed by atoms with Gasteiger partial charge in [-0.2, -0.15) is 0 Å². The maximum absolute atomic E-state index is 12.6. The number of carbonyl (C=O) groups excluding carboxylic acids is 1. The van der Waals surface area contributed by atoms with Gasteiger partial charge in [0.1, 0.15) is 5.60 Å². The molecule has 2 aliphatic heterocycles. The highest BCUT2D eigenvalue weighted by atomic mass is 16.6. The summed E-state index contributed by atoms with van der Waals surface area (Å²) in [4.78, 5) is 17.0. The van der Waals surface area contributed by atoms with E-state index in [1.807, 2.05) is 31.7 Å². The standard InChI is InChI=1S/C20H29N3O2/c1-20(2,3)25-19(24)23-15-6-7-16(23)12-22(11-15)14-8-9-18(21)17(10-14)13-4-5-13/h8-10,13,15-16H,4-7,11-12,21H2,1-3H3/t15-,16+. The van der Waals surface area contributed by atoms with Crippen LogP contribution in [0.25, 0.3) is 0 Å². The van der Waals surface area contributed by atoms with Crippen molar-refractivity contribution < 1.29 is 9.53 Å². The second kappa shape index (κ2) is 5.82. The topological polar surface area (TPSA) is 58.8 Å². The van der Waals surface area contributed by atoms with E-state index in [4.69, 9.17) is 10.5 Å². The molecule has 1 amide bonds. The van der Waals surface area contributed by atoms with Crippen molar-refractivity contribution in [3.8, 4) is 0 Å². The average molecular weight is 343 g/mol. The van der Waals surface area contributed by atoms with Crippen LogP contribution in [-0.4, -0.2) is 41.8 Å². The van der Waals surface area contributed by atoms with Gasteiger partial charge in [0, 0.05) is 24.5 Å². The van der Waals surface area contributed by atoms with Crippen LogP contribution in [0, 0.1) is 0 Å². The monoisotopic (exact) mass is 343 g/mol. The van der Waals surface area contributed by atoms with Crippen molar-refractivity contribution in [2.45, 2.75) is 70.1 Å². The predicted octanol–water partition coefficient (Wildman–Crippen LogP) is 3.73. The van der Waals surface area contributed by atoms with Crippen LogP contribution in [0.5, 0.6) is 0 Å². The van der Waals surface area contributed by atoms with Gasteiger partial charge >= 0.3 is 6.09 Å². The van der Waals surface area contributed by atoms with Gasteiger partial charge in [0.2, 0.25) is 0 Å². The van der Waals surface area contributed by atoms with E-state index in [0.717, 1.165) is 31.6 Å². The van der Waals surface area contributed by atoms with Gasteiger partial charge < -0.3 is 15.4 Å². The van der Waals surface area contributed by atoms with E-state index in [1.54, 1.807) is 0 Å². The number of rotatable bonds is 2. The SMILES string of the molecule is CC(C)(C)OC(=O)N1[C@@H]2CC[C@H]1CN(c1ccc(N)c(C3CC3)c1)C2. The Balaban J connectivity index is 1.50. The molecule has 3 aliphatic rings. The molecule has 2 N–H and O–H groups in total. The van der Waals surface area contributed by atoms with E-state index in [9.17, 15) is 4.79 Å². The minimum Gasteiger partial charge on any atom is -0.444 e. The Morgan fingerprint density at radius 2 is 1.76 bits per heavy atom. The number of hydrogen-bond donors (Lipinski definition) is 1. The van der Waals surface area contributed by atoms with Gasteiger partial charge in [-0.1, -0.05) is 0 Å². The zero-order chi connectivity index (χ0) is 17.8. The molecule has 0 unspecified atom stereocenters. The van der Waals surface area contributed by atoms with Gasteiger partial charge in [0.15, 0.2) is 0 Å². The van der Waals surface area contributed by atoms with E-state index in [-0.39, 0.29) is 18.2 Å². The zero-order valence-electron chi connectivity index (χ0n) is 15.5. The lowest BCUT2D eigenvalue weighted by Crippen LogP contribution is -2.56. The van der Waals surface area contributed by atoms with Crippen LogP contribution in [0.3, 0.4) is 0 Å². The minimum atomic E-state index is -0.441. The second-order valence-corrected chi connectivity index (χ2v) is 8.77. The predicted molar refractivity (Wildman–Crippen MR) is 99.9 cm³/mol. The molecule has 25 heavy (non-hydrogen) atoms. The molecule has 3 fully saturated rings. The van der Waals surface area contributed by atoms with E-state index in [1.165, 1.54) is 24.1 Å². The van der Waals surface area contributed by atoms with Crippen LogP contribution in [-0.2, 0) is 4.74 Å². The lowest BCUT2D eigenvalue weighted by atomic mass is 10.1. The normalized spacial score (nSPS) is 26.0.